The van der Waals surface area contributed by atoms with Crippen molar-refractivity contribution < 1.29 is 17.7 Å². The van der Waals surface area contributed by atoms with Crippen molar-refractivity contribution in [3.63, 3.8) is 0 Å². The van der Waals surface area contributed by atoms with Crippen molar-refractivity contribution >= 4 is 10.9 Å². The summed E-state index contributed by atoms with van der Waals surface area (Å²) in [5.41, 5.74) is -0.240. The first-order valence-electron chi connectivity index (χ1n) is 8.82. The van der Waals surface area contributed by atoms with E-state index in [2.05, 4.69) is 15.1 Å². The van der Waals surface area contributed by atoms with Crippen molar-refractivity contribution in [3.8, 4) is 0 Å². The van der Waals surface area contributed by atoms with Gasteiger partial charge in [0.1, 0.15) is 0 Å². The van der Waals surface area contributed by atoms with Crippen LogP contribution in [0.1, 0.15) is 22.8 Å². The lowest BCUT2D eigenvalue weighted by Crippen LogP contribution is -2.21. The van der Waals surface area contributed by atoms with Crippen LogP contribution in [-0.2, 0) is 25.6 Å². The Balaban J connectivity index is 1.49. The summed E-state index contributed by atoms with van der Waals surface area (Å²) >= 11 is 0. The van der Waals surface area contributed by atoms with Gasteiger partial charge in [-0.2, -0.15) is 18.2 Å². The number of alkyl halides is 3. The third-order valence-electron chi connectivity index (χ3n) is 4.48. The largest absolute Gasteiger partial charge is 0.416 e. The molecule has 0 N–H and O–H groups in total. The van der Waals surface area contributed by atoms with Crippen LogP contribution in [0.2, 0.25) is 0 Å². The Hall–Kier alpha value is -3.49. The molecular weight excluding hydrogens is 385 g/mol. The Morgan fingerprint density at radius 3 is 2.62 bits per heavy atom. The van der Waals surface area contributed by atoms with E-state index in [4.69, 9.17) is 4.52 Å². The molecule has 0 radical (unpaired) electrons. The van der Waals surface area contributed by atoms with Crippen molar-refractivity contribution in [3.05, 3.63) is 88.1 Å². The van der Waals surface area contributed by atoms with Gasteiger partial charge >= 0.3 is 6.18 Å². The first-order valence-corrected chi connectivity index (χ1v) is 8.82. The van der Waals surface area contributed by atoms with Gasteiger partial charge in [0, 0.05) is 13.0 Å². The van der Waals surface area contributed by atoms with Crippen molar-refractivity contribution in [2.24, 2.45) is 0 Å². The van der Waals surface area contributed by atoms with Crippen LogP contribution >= 0.6 is 0 Å². The lowest BCUT2D eigenvalue weighted by molar-refractivity contribution is -0.138. The smallest absolute Gasteiger partial charge is 0.339 e. The van der Waals surface area contributed by atoms with E-state index in [0.29, 0.717) is 16.7 Å². The summed E-state index contributed by atoms with van der Waals surface area (Å²) in [4.78, 5) is 20.9. The Morgan fingerprint density at radius 2 is 1.79 bits per heavy atom. The Morgan fingerprint density at radius 1 is 1.03 bits per heavy atom. The van der Waals surface area contributed by atoms with Crippen LogP contribution in [0.15, 0.2) is 64.2 Å². The van der Waals surface area contributed by atoms with Gasteiger partial charge in [-0.1, -0.05) is 35.5 Å². The fourth-order valence-electron chi connectivity index (χ4n) is 3.06. The number of halogens is 3. The molecule has 6 nitrogen and oxygen atoms in total. The van der Waals surface area contributed by atoms with Crippen molar-refractivity contribution in [2.75, 3.05) is 0 Å². The highest BCUT2D eigenvalue weighted by Crippen LogP contribution is 2.32. The highest BCUT2D eigenvalue weighted by molar-refractivity contribution is 5.76. The summed E-state index contributed by atoms with van der Waals surface area (Å²) in [6.07, 6.45) is -2.85. The van der Waals surface area contributed by atoms with E-state index >= 15 is 0 Å². The average molecular weight is 400 g/mol. The number of fused-ring (bicyclic) bond motifs is 1. The van der Waals surface area contributed by atoms with Gasteiger partial charge in [0.2, 0.25) is 5.89 Å². The molecule has 0 aliphatic rings. The average Bonchev–Trinajstić information content (AvgIpc) is 3.15. The maximum Gasteiger partial charge on any atom is 0.416 e. The minimum atomic E-state index is -4.45. The molecule has 2 heterocycles. The predicted octanol–water partition coefficient (Wildman–Crippen LogP) is 3.63. The second-order valence-corrected chi connectivity index (χ2v) is 6.45. The summed E-state index contributed by atoms with van der Waals surface area (Å²) in [6.45, 7) is 0.273. The molecular formula is C20H15F3N4O2. The van der Waals surface area contributed by atoms with Gasteiger partial charge in [-0.15, -0.1) is 0 Å². The number of aryl methyl sites for hydroxylation is 2. The number of para-hydroxylation sites is 1. The zero-order chi connectivity index (χ0) is 20.4. The molecule has 0 atom stereocenters. The Labute approximate surface area is 162 Å². The van der Waals surface area contributed by atoms with Crippen LogP contribution in [-0.4, -0.2) is 19.7 Å². The first-order chi connectivity index (χ1) is 13.9. The van der Waals surface area contributed by atoms with E-state index in [1.165, 1.54) is 29.1 Å². The first kappa shape index (κ1) is 18.9. The second-order valence-electron chi connectivity index (χ2n) is 6.45. The lowest BCUT2D eigenvalue weighted by atomic mass is 10.0. The zero-order valence-corrected chi connectivity index (χ0v) is 15.1. The Kier molecular flexibility index (Phi) is 4.87. The van der Waals surface area contributed by atoms with Gasteiger partial charge in [0.15, 0.2) is 5.82 Å². The highest BCUT2D eigenvalue weighted by Gasteiger charge is 2.33. The van der Waals surface area contributed by atoms with E-state index in [1.807, 2.05) is 0 Å². The molecule has 0 spiro atoms. The van der Waals surface area contributed by atoms with Crippen LogP contribution in [0.4, 0.5) is 13.2 Å². The maximum absolute atomic E-state index is 13.1. The van der Waals surface area contributed by atoms with Gasteiger partial charge in [0.25, 0.3) is 5.56 Å². The van der Waals surface area contributed by atoms with E-state index in [-0.39, 0.29) is 36.4 Å². The molecule has 2 aromatic heterocycles. The molecule has 2 aromatic carbocycles. The van der Waals surface area contributed by atoms with Crippen LogP contribution in [0.5, 0.6) is 0 Å². The fourth-order valence-corrected chi connectivity index (χ4v) is 3.06. The molecule has 9 heteroatoms. The van der Waals surface area contributed by atoms with Gasteiger partial charge < -0.3 is 4.52 Å². The molecule has 4 aromatic rings. The number of hydrogen-bond donors (Lipinski definition) is 0. The number of benzene rings is 2. The SMILES string of the molecule is O=c1c2ccccc2ncn1CCc1noc(Cc2ccccc2C(F)(F)F)n1. The fraction of sp³-hybridized carbons (Fsp3) is 0.200. The summed E-state index contributed by atoms with van der Waals surface area (Å²) in [6, 6.07) is 12.3. The monoisotopic (exact) mass is 400 g/mol. The maximum atomic E-state index is 13.1. The molecule has 0 bridgehead atoms. The minimum Gasteiger partial charge on any atom is -0.339 e. The topological polar surface area (TPSA) is 73.8 Å². The van der Waals surface area contributed by atoms with Gasteiger partial charge in [0.05, 0.1) is 29.2 Å². The van der Waals surface area contributed by atoms with Crippen molar-refractivity contribution in [1.82, 2.24) is 19.7 Å². The normalized spacial score (nSPS) is 11.8. The van der Waals surface area contributed by atoms with E-state index < -0.39 is 11.7 Å². The van der Waals surface area contributed by atoms with Gasteiger partial charge in [-0.25, -0.2) is 4.98 Å². The van der Waals surface area contributed by atoms with Gasteiger partial charge in [-0.3, -0.25) is 9.36 Å². The van der Waals surface area contributed by atoms with Crippen molar-refractivity contribution in [2.45, 2.75) is 25.6 Å². The number of nitrogens with zero attached hydrogens (tertiary/aromatic N) is 4. The third-order valence-corrected chi connectivity index (χ3v) is 4.48. The zero-order valence-electron chi connectivity index (χ0n) is 15.1. The number of hydrogen-bond acceptors (Lipinski definition) is 5. The molecule has 0 saturated heterocycles. The summed E-state index contributed by atoms with van der Waals surface area (Å²) in [7, 11) is 0. The summed E-state index contributed by atoms with van der Waals surface area (Å²) < 4.78 is 45.9. The molecule has 0 amide bonds. The molecule has 148 valence electrons. The quantitative estimate of drug-likeness (QED) is 0.512. The standard InChI is InChI=1S/C20H15F3N4O2/c21-20(22,23)15-7-3-1-5-13(15)11-18-25-17(26-29-18)9-10-27-12-24-16-8-4-2-6-14(16)19(27)28/h1-8,12H,9-11H2. The second kappa shape index (κ2) is 7.50. The number of rotatable bonds is 5. The Bertz CT molecular complexity index is 1210. The molecule has 0 saturated carbocycles. The molecule has 0 aliphatic heterocycles. The molecule has 0 fully saturated rings. The van der Waals surface area contributed by atoms with Gasteiger partial charge in [-0.05, 0) is 23.8 Å². The van der Waals surface area contributed by atoms with E-state index in [0.717, 1.165) is 6.07 Å². The van der Waals surface area contributed by atoms with Crippen LogP contribution in [0.3, 0.4) is 0 Å². The minimum absolute atomic E-state index is 0.0603. The lowest BCUT2D eigenvalue weighted by Gasteiger charge is -2.10. The molecule has 0 aliphatic carbocycles. The van der Waals surface area contributed by atoms with Crippen molar-refractivity contribution in [1.29, 1.82) is 0 Å². The third kappa shape index (κ3) is 4.03. The highest BCUT2D eigenvalue weighted by atomic mass is 19.4. The summed E-state index contributed by atoms with van der Waals surface area (Å²) in [5, 5.41) is 4.32. The number of aromatic nitrogens is 4. The van der Waals surface area contributed by atoms with E-state index in [9.17, 15) is 18.0 Å². The molecule has 4 rings (SSSR count). The molecule has 29 heavy (non-hydrogen) atoms. The van der Waals surface area contributed by atoms with E-state index in [1.54, 1.807) is 24.3 Å². The predicted molar refractivity (Wildman–Crippen MR) is 98.3 cm³/mol. The summed E-state index contributed by atoms with van der Waals surface area (Å²) in [5.74, 6) is 0.394. The molecule has 0 unspecified atom stereocenters. The van der Waals surface area contributed by atoms with Crippen LogP contribution < -0.4 is 5.56 Å². The van der Waals surface area contributed by atoms with Crippen LogP contribution in [0, 0.1) is 0 Å². The van der Waals surface area contributed by atoms with Crippen LogP contribution in [0.25, 0.3) is 10.9 Å².